The molecule has 0 amide bonds. The predicted octanol–water partition coefficient (Wildman–Crippen LogP) is 3.77. The molecular weight excluding hydrogens is 465 g/mol. The summed E-state index contributed by atoms with van der Waals surface area (Å²) < 4.78 is 7.48. The first kappa shape index (κ1) is 24.3. The number of rotatable bonds is 8. The van der Waals surface area contributed by atoms with Crippen molar-refractivity contribution in [3.8, 4) is 5.75 Å². The number of guanidine groups is 1. The van der Waals surface area contributed by atoms with Crippen molar-refractivity contribution in [2.45, 2.75) is 46.7 Å². The van der Waals surface area contributed by atoms with Crippen molar-refractivity contribution < 1.29 is 4.74 Å². The van der Waals surface area contributed by atoms with Crippen molar-refractivity contribution in [2.24, 2.45) is 12.0 Å². The van der Waals surface area contributed by atoms with Gasteiger partial charge in [-0.25, -0.2) is 4.99 Å². The van der Waals surface area contributed by atoms with Gasteiger partial charge in [0.1, 0.15) is 5.75 Å². The van der Waals surface area contributed by atoms with Gasteiger partial charge < -0.3 is 15.0 Å². The van der Waals surface area contributed by atoms with Crippen LogP contribution >= 0.6 is 24.0 Å². The van der Waals surface area contributed by atoms with Crippen LogP contribution in [0.3, 0.4) is 0 Å². The molecule has 0 unspecified atom stereocenters. The lowest BCUT2D eigenvalue weighted by Gasteiger charge is -2.23. The Morgan fingerprint density at radius 1 is 1.21 bits per heavy atom. The van der Waals surface area contributed by atoms with E-state index in [-0.39, 0.29) is 24.0 Å². The molecular formula is C21H34IN5O. The Hall–Kier alpha value is -1.77. The summed E-state index contributed by atoms with van der Waals surface area (Å²) in [5.41, 5.74) is 4.79. The summed E-state index contributed by atoms with van der Waals surface area (Å²) in [6.45, 7) is 8.59. The lowest BCUT2D eigenvalue weighted by Crippen LogP contribution is -2.38. The highest BCUT2D eigenvalue weighted by Crippen LogP contribution is 2.19. The van der Waals surface area contributed by atoms with Crippen molar-refractivity contribution in [1.82, 2.24) is 20.0 Å². The molecule has 0 aliphatic heterocycles. The maximum atomic E-state index is 5.48. The lowest BCUT2D eigenvalue weighted by atomic mass is 10.1. The number of hydrogen-bond donors (Lipinski definition) is 1. The summed E-state index contributed by atoms with van der Waals surface area (Å²) in [6, 6.07) is 8.10. The van der Waals surface area contributed by atoms with Crippen molar-refractivity contribution >= 4 is 29.9 Å². The first-order valence-electron chi connectivity index (χ1n) is 9.70. The number of hydrogen-bond acceptors (Lipinski definition) is 3. The van der Waals surface area contributed by atoms with Gasteiger partial charge in [-0.05, 0) is 25.8 Å². The van der Waals surface area contributed by atoms with Crippen LogP contribution in [0.25, 0.3) is 0 Å². The third-order valence-corrected chi connectivity index (χ3v) is 4.71. The molecule has 0 saturated carbocycles. The van der Waals surface area contributed by atoms with Crippen LogP contribution in [0.1, 0.15) is 43.3 Å². The Morgan fingerprint density at radius 2 is 1.93 bits per heavy atom. The number of methoxy groups -OCH3 is 1. The molecule has 1 N–H and O–H groups in total. The first-order chi connectivity index (χ1) is 13.0. The number of nitrogens with one attached hydrogen (secondary N) is 1. The molecule has 156 valence electrons. The molecule has 0 spiro atoms. The van der Waals surface area contributed by atoms with Crippen molar-refractivity contribution in [3.63, 3.8) is 0 Å². The largest absolute Gasteiger partial charge is 0.496 e. The Morgan fingerprint density at radius 3 is 2.54 bits per heavy atom. The Bertz CT molecular complexity index is 772. The van der Waals surface area contributed by atoms with Crippen LogP contribution in [-0.2, 0) is 33.0 Å². The molecule has 2 rings (SSSR count). The third-order valence-electron chi connectivity index (χ3n) is 4.71. The van der Waals surface area contributed by atoms with Gasteiger partial charge in [-0.3, -0.25) is 4.68 Å². The van der Waals surface area contributed by atoms with E-state index in [4.69, 9.17) is 9.73 Å². The minimum absolute atomic E-state index is 0. The van der Waals surface area contributed by atoms with E-state index >= 15 is 0 Å². The van der Waals surface area contributed by atoms with Gasteiger partial charge in [-0.15, -0.1) is 24.0 Å². The number of halogens is 1. The second-order valence-corrected chi connectivity index (χ2v) is 6.54. The smallest absolute Gasteiger partial charge is 0.194 e. The second-order valence-electron chi connectivity index (χ2n) is 6.54. The zero-order valence-corrected chi connectivity index (χ0v) is 20.3. The average molecular weight is 499 g/mol. The topological polar surface area (TPSA) is 54.7 Å². The standard InChI is InChI=1S/C21H33N5O.HI/c1-7-18-17(19(8-2)26(5)24-18)14-23-21(22-9-3)25(4)15-16-12-10-11-13-20(16)27-6;/h10-13H,7-9,14-15H2,1-6H3,(H,22,23);1H. The van der Waals surface area contributed by atoms with Gasteiger partial charge in [0.15, 0.2) is 5.96 Å². The Labute approximate surface area is 186 Å². The fraction of sp³-hybridized carbons (Fsp3) is 0.524. The zero-order chi connectivity index (χ0) is 19.8. The van der Waals surface area contributed by atoms with E-state index in [9.17, 15) is 0 Å². The SMILES string of the molecule is CCNC(=NCc1c(CC)nn(C)c1CC)N(C)Cc1ccccc1OC.I. The summed E-state index contributed by atoms with van der Waals surface area (Å²) in [7, 11) is 5.78. The zero-order valence-electron chi connectivity index (χ0n) is 18.0. The van der Waals surface area contributed by atoms with Crippen LogP contribution in [0, 0.1) is 0 Å². The maximum Gasteiger partial charge on any atom is 0.194 e. The number of nitrogens with zero attached hydrogens (tertiary/aromatic N) is 4. The van der Waals surface area contributed by atoms with Crippen LogP contribution < -0.4 is 10.1 Å². The molecule has 7 heteroatoms. The molecule has 0 atom stereocenters. The highest BCUT2D eigenvalue weighted by molar-refractivity contribution is 14.0. The van der Waals surface area contributed by atoms with Gasteiger partial charge in [0, 0.05) is 44.0 Å². The summed E-state index contributed by atoms with van der Waals surface area (Å²) in [4.78, 5) is 7.04. The van der Waals surface area contributed by atoms with Crippen molar-refractivity contribution in [2.75, 3.05) is 20.7 Å². The van der Waals surface area contributed by atoms with Gasteiger partial charge in [0.25, 0.3) is 0 Å². The minimum Gasteiger partial charge on any atom is -0.496 e. The summed E-state index contributed by atoms with van der Waals surface area (Å²) in [5, 5.41) is 8.06. The summed E-state index contributed by atoms with van der Waals surface area (Å²) >= 11 is 0. The van der Waals surface area contributed by atoms with E-state index in [0.717, 1.165) is 48.9 Å². The van der Waals surface area contributed by atoms with E-state index in [1.165, 1.54) is 11.3 Å². The molecule has 6 nitrogen and oxygen atoms in total. The van der Waals surface area contributed by atoms with Crippen molar-refractivity contribution in [1.29, 1.82) is 0 Å². The molecule has 0 saturated heterocycles. The number of ether oxygens (including phenoxy) is 1. The summed E-state index contributed by atoms with van der Waals surface area (Å²) in [5.74, 6) is 1.78. The van der Waals surface area contributed by atoms with Crippen LogP contribution in [0.5, 0.6) is 5.75 Å². The number of aliphatic imine (C=N–C) groups is 1. The molecule has 0 aliphatic rings. The van der Waals surface area contributed by atoms with Gasteiger partial charge in [0.2, 0.25) is 0 Å². The van der Waals surface area contributed by atoms with Gasteiger partial charge in [0.05, 0.1) is 19.3 Å². The van der Waals surface area contributed by atoms with E-state index in [1.54, 1.807) is 7.11 Å². The fourth-order valence-electron chi connectivity index (χ4n) is 3.36. The Balaban J connectivity index is 0.00000392. The molecule has 0 fully saturated rings. The van der Waals surface area contributed by atoms with Crippen molar-refractivity contribution in [3.05, 3.63) is 46.8 Å². The first-order valence-corrected chi connectivity index (χ1v) is 9.70. The minimum atomic E-state index is 0. The molecule has 0 radical (unpaired) electrons. The molecule has 0 bridgehead atoms. The average Bonchev–Trinajstić information content (AvgIpc) is 2.99. The maximum absolute atomic E-state index is 5.48. The molecule has 1 heterocycles. The highest BCUT2D eigenvalue weighted by Gasteiger charge is 2.15. The van der Waals surface area contributed by atoms with Gasteiger partial charge in [-0.2, -0.15) is 5.10 Å². The monoisotopic (exact) mass is 499 g/mol. The van der Waals surface area contributed by atoms with Crippen LogP contribution in [0.2, 0.25) is 0 Å². The third kappa shape index (κ3) is 5.86. The van der Waals surface area contributed by atoms with E-state index < -0.39 is 0 Å². The van der Waals surface area contributed by atoms with Crippen LogP contribution in [0.4, 0.5) is 0 Å². The van der Waals surface area contributed by atoms with E-state index in [0.29, 0.717) is 6.54 Å². The van der Waals surface area contributed by atoms with E-state index in [2.05, 4.69) is 49.2 Å². The predicted molar refractivity (Wildman–Crippen MR) is 127 cm³/mol. The number of aromatic nitrogens is 2. The van der Waals surface area contributed by atoms with Gasteiger partial charge in [-0.1, -0.05) is 32.0 Å². The molecule has 1 aromatic heterocycles. The van der Waals surface area contributed by atoms with Gasteiger partial charge >= 0.3 is 0 Å². The second kappa shape index (κ2) is 11.9. The molecule has 28 heavy (non-hydrogen) atoms. The van der Waals surface area contributed by atoms with Crippen LogP contribution in [-0.4, -0.2) is 41.3 Å². The quantitative estimate of drug-likeness (QED) is 0.342. The fourth-order valence-corrected chi connectivity index (χ4v) is 3.36. The number of benzene rings is 1. The molecule has 1 aromatic carbocycles. The molecule has 2 aromatic rings. The number of aryl methyl sites for hydroxylation is 2. The molecule has 0 aliphatic carbocycles. The highest BCUT2D eigenvalue weighted by atomic mass is 127. The number of para-hydroxylation sites is 1. The van der Waals surface area contributed by atoms with Crippen LogP contribution in [0.15, 0.2) is 29.3 Å². The normalized spacial score (nSPS) is 11.1. The Kier molecular flexibility index (Phi) is 10.3. The lowest BCUT2D eigenvalue weighted by molar-refractivity contribution is 0.396. The summed E-state index contributed by atoms with van der Waals surface area (Å²) in [6.07, 6.45) is 1.88. The van der Waals surface area contributed by atoms with E-state index in [1.807, 2.05) is 29.9 Å².